The second kappa shape index (κ2) is 5.16. The van der Waals surface area contributed by atoms with Crippen LogP contribution < -0.4 is 10.4 Å². The normalized spacial score (nSPS) is 14.3. The molecule has 1 unspecified atom stereocenters. The van der Waals surface area contributed by atoms with E-state index < -0.39 is 0 Å². The van der Waals surface area contributed by atoms with E-state index in [0.29, 0.717) is 6.17 Å². The van der Waals surface area contributed by atoms with Gasteiger partial charge in [0.15, 0.2) is 0 Å². The molecule has 0 heterocycles. The Morgan fingerprint density at radius 1 is 1.33 bits per heavy atom. The fraction of sp³-hybridized carbons (Fsp3) is 1.00. The van der Waals surface area contributed by atoms with Gasteiger partial charge < -0.3 is 5.32 Å². The monoisotopic (exact) mass is 148 g/mol. The molecule has 0 amide bonds. The van der Waals surface area contributed by atoms with Gasteiger partial charge in [0.1, 0.15) is 0 Å². The summed E-state index contributed by atoms with van der Waals surface area (Å²) in [6.07, 6.45) is 0.400. The minimum atomic E-state index is 0.400. The van der Waals surface area contributed by atoms with Crippen LogP contribution in [0.15, 0.2) is 0 Å². The third kappa shape index (κ3) is 6.23. The molecule has 9 heavy (non-hydrogen) atoms. The number of hydrogen-bond acceptors (Lipinski definition) is 2. The van der Waals surface area contributed by atoms with E-state index in [1.165, 1.54) is 0 Å². The zero-order valence-corrected chi connectivity index (χ0v) is 7.59. The summed E-state index contributed by atoms with van der Waals surface area (Å²) in [7, 11) is 2.49. The van der Waals surface area contributed by atoms with Gasteiger partial charge in [0.25, 0.3) is 0 Å². The van der Waals surface area contributed by atoms with Crippen molar-refractivity contribution in [1.82, 2.24) is 10.4 Å². The molecule has 56 valence electrons. The van der Waals surface area contributed by atoms with Crippen molar-refractivity contribution in [3.05, 3.63) is 0 Å². The SMILES string of the molecule is CC(C)CN[C@H](C)NP. The fourth-order valence-electron chi connectivity index (χ4n) is 0.471. The van der Waals surface area contributed by atoms with Crippen LogP contribution in [0.2, 0.25) is 0 Å². The number of hydrogen-bond donors (Lipinski definition) is 2. The first-order chi connectivity index (χ1) is 4.16. The third-order valence-corrected chi connectivity index (χ3v) is 1.58. The van der Waals surface area contributed by atoms with Crippen molar-refractivity contribution in [1.29, 1.82) is 0 Å². The summed E-state index contributed by atoms with van der Waals surface area (Å²) < 4.78 is 0. The Morgan fingerprint density at radius 3 is 2.22 bits per heavy atom. The lowest BCUT2D eigenvalue weighted by Crippen LogP contribution is -2.36. The third-order valence-electron chi connectivity index (χ3n) is 1.08. The molecule has 0 saturated carbocycles. The molecule has 0 aliphatic carbocycles. The van der Waals surface area contributed by atoms with Crippen LogP contribution in [0.1, 0.15) is 20.8 Å². The molecule has 0 aliphatic heterocycles. The number of nitrogens with one attached hydrogen (secondary N) is 2. The molecular formula is C6H17N2P. The summed E-state index contributed by atoms with van der Waals surface area (Å²) in [5.41, 5.74) is 0. The molecule has 0 aromatic carbocycles. The van der Waals surface area contributed by atoms with Crippen LogP contribution in [0.4, 0.5) is 0 Å². The Morgan fingerprint density at radius 2 is 1.89 bits per heavy atom. The quantitative estimate of drug-likeness (QED) is 0.458. The lowest BCUT2D eigenvalue weighted by Gasteiger charge is -2.13. The van der Waals surface area contributed by atoms with Gasteiger partial charge in [-0.3, -0.25) is 5.09 Å². The lowest BCUT2D eigenvalue weighted by atomic mass is 10.2. The van der Waals surface area contributed by atoms with Crippen LogP contribution in [0.5, 0.6) is 0 Å². The fourth-order valence-corrected chi connectivity index (χ4v) is 0.589. The predicted octanol–water partition coefficient (Wildman–Crippen LogP) is 0.958. The van der Waals surface area contributed by atoms with E-state index in [-0.39, 0.29) is 0 Å². The summed E-state index contributed by atoms with van der Waals surface area (Å²) in [5, 5.41) is 6.33. The Kier molecular flexibility index (Phi) is 5.36. The topological polar surface area (TPSA) is 24.1 Å². The van der Waals surface area contributed by atoms with Gasteiger partial charge in [0, 0.05) is 0 Å². The molecule has 0 fully saturated rings. The van der Waals surface area contributed by atoms with E-state index in [1.54, 1.807) is 0 Å². The van der Waals surface area contributed by atoms with Gasteiger partial charge in [-0.1, -0.05) is 23.2 Å². The number of rotatable bonds is 4. The highest BCUT2D eigenvalue weighted by molar-refractivity contribution is 7.13. The standard InChI is InChI=1S/C6H17N2P/c1-5(2)4-7-6(3)8-9/h5-8H,4,9H2,1-3H3/t6-/m0/s1. The Labute approximate surface area is 60.0 Å². The largest absolute Gasteiger partial charge is 0.302 e. The van der Waals surface area contributed by atoms with E-state index in [4.69, 9.17) is 0 Å². The minimum absolute atomic E-state index is 0.400. The molecule has 2 N–H and O–H groups in total. The lowest BCUT2D eigenvalue weighted by molar-refractivity contribution is 0.476. The van der Waals surface area contributed by atoms with Gasteiger partial charge in [-0.2, -0.15) is 0 Å². The highest BCUT2D eigenvalue weighted by Crippen LogP contribution is 1.88. The zero-order valence-electron chi connectivity index (χ0n) is 6.44. The van der Waals surface area contributed by atoms with E-state index >= 15 is 0 Å². The van der Waals surface area contributed by atoms with E-state index in [0.717, 1.165) is 12.5 Å². The van der Waals surface area contributed by atoms with Crippen molar-refractivity contribution in [3.8, 4) is 0 Å². The molecule has 0 aliphatic rings. The molecule has 0 bridgehead atoms. The summed E-state index contributed by atoms with van der Waals surface area (Å²) in [5.74, 6) is 0.728. The highest BCUT2D eigenvalue weighted by Gasteiger charge is 1.96. The molecule has 0 aromatic heterocycles. The molecular weight excluding hydrogens is 131 g/mol. The average Bonchev–Trinajstić information content (AvgIpc) is 1.83. The molecule has 2 atom stereocenters. The average molecular weight is 148 g/mol. The van der Waals surface area contributed by atoms with Gasteiger partial charge in [-0.15, -0.1) is 0 Å². The second-order valence-electron chi connectivity index (χ2n) is 2.69. The van der Waals surface area contributed by atoms with Crippen molar-refractivity contribution in [2.24, 2.45) is 5.92 Å². The van der Waals surface area contributed by atoms with Crippen LogP contribution in [0, 0.1) is 5.92 Å². The van der Waals surface area contributed by atoms with Crippen LogP contribution in [-0.4, -0.2) is 12.7 Å². The van der Waals surface area contributed by atoms with Gasteiger partial charge in [-0.25, -0.2) is 0 Å². The predicted molar refractivity (Wildman–Crippen MR) is 45.1 cm³/mol. The van der Waals surface area contributed by atoms with Crippen LogP contribution in [0.3, 0.4) is 0 Å². The van der Waals surface area contributed by atoms with E-state index in [1.807, 2.05) is 0 Å². The van der Waals surface area contributed by atoms with Gasteiger partial charge in [0.05, 0.1) is 6.17 Å². The van der Waals surface area contributed by atoms with Gasteiger partial charge in [0.2, 0.25) is 0 Å². The smallest absolute Gasteiger partial charge is 0.0571 e. The molecule has 3 heteroatoms. The summed E-state index contributed by atoms with van der Waals surface area (Å²) in [4.78, 5) is 0. The maximum atomic E-state index is 3.30. The van der Waals surface area contributed by atoms with E-state index in [2.05, 4.69) is 40.6 Å². The van der Waals surface area contributed by atoms with Crippen molar-refractivity contribution < 1.29 is 0 Å². The summed E-state index contributed by atoms with van der Waals surface area (Å²) >= 11 is 0. The minimum Gasteiger partial charge on any atom is -0.302 e. The van der Waals surface area contributed by atoms with Crippen LogP contribution in [-0.2, 0) is 0 Å². The molecule has 0 radical (unpaired) electrons. The molecule has 0 saturated heterocycles. The van der Waals surface area contributed by atoms with Crippen molar-refractivity contribution in [2.75, 3.05) is 6.54 Å². The van der Waals surface area contributed by atoms with E-state index in [9.17, 15) is 0 Å². The maximum absolute atomic E-state index is 3.30. The highest BCUT2D eigenvalue weighted by atomic mass is 31.0. The Hall–Kier alpha value is 0.350. The van der Waals surface area contributed by atoms with Crippen molar-refractivity contribution in [2.45, 2.75) is 26.9 Å². The molecule has 0 aromatic rings. The first kappa shape index (κ1) is 9.35. The zero-order chi connectivity index (χ0) is 7.28. The van der Waals surface area contributed by atoms with Crippen LogP contribution in [0.25, 0.3) is 0 Å². The Bertz CT molecular complexity index is 66.1. The van der Waals surface area contributed by atoms with Gasteiger partial charge in [-0.05, 0) is 19.4 Å². The van der Waals surface area contributed by atoms with Gasteiger partial charge >= 0.3 is 0 Å². The summed E-state index contributed by atoms with van der Waals surface area (Å²) in [6.45, 7) is 7.56. The molecule has 0 spiro atoms. The molecule has 2 nitrogen and oxygen atoms in total. The maximum Gasteiger partial charge on any atom is 0.0571 e. The summed E-state index contributed by atoms with van der Waals surface area (Å²) in [6, 6.07) is 0. The first-order valence-corrected chi connectivity index (χ1v) is 3.94. The van der Waals surface area contributed by atoms with Crippen molar-refractivity contribution in [3.63, 3.8) is 0 Å². The van der Waals surface area contributed by atoms with Crippen molar-refractivity contribution >= 4 is 9.39 Å². The second-order valence-corrected chi connectivity index (χ2v) is 3.02. The Balaban J connectivity index is 3.06. The van der Waals surface area contributed by atoms with Crippen LogP contribution >= 0.6 is 9.39 Å². The molecule has 0 rings (SSSR count). The first-order valence-electron chi connectivity index (χ1n) is 3.36.